The molecule has 0 spiro atoms. The zero-order chi connectivity index (χ0) is 36.8. The molecule has 1 amide bonds. The molecule has 3 aromatic heterocycles. The lowest BCUT2D eigenvalue weighted by molar-refractivity contribution is -0.118. The minimum Gasteiger partial charge on any atom is -0.453 e. The van der Waals surface area contributed by atoms with Gasteiger partial charge in [-0.25, -0.2) is 9.18 Å². The van der Waals surface area contributed by atoms with E-state index in [4.69, 9.17) is 33.4 Å². The maximum atomic E-state index is 15.0. The number of pyridine rings is 2. The zero-order valence-corrected chi connectivity index (χ0v) is 31.0. The highest BCUT2D eigenvalue weighted by Gasteiger charge is 2.25. The van der Waals surface area contributed by atoms with Crippen molar-refractivity contribution in [2.24, 2.45) is 5.92 Å². The number of fused-ring (bicyclic) bond motifs is 1. The van der Waals surface area contributed by atoms with Crippen molar-refractivity contribution in [1.29, 1.82) is 0 Å². The first-order chi connectivity index (χ1) is 25.9. The Morgan fingerprint density at radius 3 is 2.23 bits per heavy atom. The summed E-state index contributed by atoms with van der Waals surface area (Å²) in [5.74, 6) is 0.769. The fraction of sp³-hybridized carbons (Fsp3) is 0.487. The van der Waals surface area contributed by atoms with E-state index < -0.39 is 5.82 Å². The highest BCUT2D eigenvalue weighted by molar-refractivity contribution is 7.22. The van der Waals surface area contributed by atoms with Gasteiger partial charge >= 0.3 is 6.09 Å². The molecular formula is C39H47FN4O8S. The molecule has 0 radical (unpaired) electrons. The first-order valence-corrected chi connectivity index (χ1v) is 18.9. The lowest BCUT2D eigenvalue weighted by Gasteiger charge is -2.34. The van der Waals surface area contributed by atoms with Crippen molar-refractivity contribution < 1.29 is 42.4 Å². The van der Waals surface area contributed by atoms with Crippen LogP contribution in [0.15, 0.2) is 54.9 Å². The number of benzene rings is 1. The Morgan fingerprint density at radius 2 is 1.55 bits per heavy atom. The van der Waals surface area contributed by atoms with Gasteiger partial charge in [0.05, 0.1) is 67.0 Å². The predicted molar refractivity (Wildman–Crippen MR) is 198 cm³/mol. The van der Waals surface area contributed by atoms with Gasteiger partial charge in [0.2, 0.25) is 0 Å². The normalized spacial score (nSPS) is 14.9. The first kappa shape index (κ1) is 38.7. The van der Waals surface area contributed by atoms with E-state index in [0.717, 1.165) is 58.8 Å². The molecule has 0 unspecified atom stereocenters. The second-order valence-corrected chi connectivity index (χ2v) is 14.2. The Bertz CT molecular complexity index is 1780. The van der Waals surface area contributed by atoms with Gasteiger partial charge in [0.25, 0.3) is 0 Å². The zero-order valence-electron chi connectivity index (χ0n) is 30.1. The lowest BCUT2D eigenvalue weighted by Crippen LogP contribution is -2.48. The quantitative estimate of drug-likeness (QED) is 0.0912. The van der Waals surface area contributed by atoms with Crippen LogP contribution in [0.5, 0.6) is 11.5 Å². The van der Waals surface area contributed by atoms with E-state index in [9.17, 15) is 9.59 Å². The number of aromatic nitrogens is 2. The molecule has 1 aliphatic heterocycles. The Labute approximate surface area is 313 Å². The van der Waals surface area contributed by atoms with Crippen molar-refractivity contribution in [1.82, 2.24) is 19.8 Å². The molecule has 1 aromatic carbocycles. The number of carbonyl (C=O) groups excluding carboxylic acids is 2. The number of piperazine rings is 1. The predicted octanol–water partition coefficient (Wildman–Crippen LogP) is 6.15. The van der Waals surface area contributed by atoms with Crippen LogP contribution >= 0.6 is 11.3 Å². The van der Waals surface area contributed by atoms with E-state index in [1.165, 1.54) is 17.4 Å². The molecule has 53 heavy (non-hydrogen) atoms. The summed E-state index contributed by atoms with van der Waals surface area (Å²) in [5, 5.41) is 0. The molecule has 1 saturated carbocycles. The Balaban J connectivity index is 0.912. The Hall–Kier alpha value is -4.05. The van der Waals surface area contributed by atoms with Gasteiger partial charge < -0.3 is 33.3 Å². The van der Waals surface area contributed by atoms with Crippen LogP contribution in [0.3, 0.4) is 0 Å². The second kappa shape index (κ2) is 19.9. The van der Waals surface area contributed by atoms with Crippen LogP contribution in [0.4, 0.5) is 9.18 Å². The molecule has 4 heterocycles. The number of halogens is 1. The third-order valence-corrected chi connectivity index (χ3v) is 10.1. The molecular weight excluding hydrogens is 704 g/mol. The standard InChI is InChI=1S/C39H47FN4O8S/c1-47-14-15-48-16-17-49-18-19-50-20-21-51-39(46)44-12-10-43(11-13-44)27-30-4-6-33(42-26-30)37-25-34-38(53-37)36(8-9-41-34)52-35-7-5-29(24-32(35)40)23-31(45)22-28-2-3-28/h4-9,24-26,28H,2-3,10-23,27H2,1H3. The number of hydrogen-bond acceptors (Lipinski definition) is 12. The van der Waals surface area contributed by atoms with Crippen LogP contribution in [0, 0.1) is 11.7 Å². The molecule has 1 aliphatic carbocycles. The summed E-state index contributed by atoms with van der Waals surface area (Å²) in [6.07, 6.45) is 6.24. The van der Waals surface area contributed by atoms with Gasteiger partial charge in [-0.05, 0) is 54.2 Å². The number of nitrogens with zero attached hydrogens (tertiary/aromatic N) is 4. The van der Waals surface area contributed by atoms with Crippen LogP contribution in [0.1, 0.15) is 30.4 Å². The van der Waals surface area contributed by atoms with Crippen molar-refractivity contribution >= 4 is 33.4 Å². The molecule has 6 rings (SSSR count). The molecule has 1 saturated heterocycles. The van der Waals surface area contributed by atoms with E-state index >= 15 is 4.39 Å². The molecule has 2 aliphatic rings. The smallest absolute Gasteiger partial charge is 0.409 e. The van der Waals surface area contributed by atoms with E-state index in [1.54, 1.807) is 36.4 Å². The minimum absolute atomic E-state index is 0.102. The minimum atomic E-state index is -0.502. The summed E-state index contributed by atoms with van der Waals surface area (Å²) in [5.41, 5.74) is 3.27. The number of amides is 1. The summed E-state index contributed by atoms with van der Waals surface area (Å²) in [7, 11) is 1.63. The molecule has 12 nitrogen and oxygen atoms in total. The van der Waals surface area contributed by atoms with Gasteiger partial charge in [-0.1, -0.05) is 12.1 Å². The third kappa shape index (κ3) is 12.0. The van der Waals surface area contributed by atoms with E-state index in [0.29, 0.717) is 83.0 Å². The van der Waals surface area contributed by atoms with Crippen LogP contribution in [-0.4, -0.2) is 118 Å². The molecule has 284 valence electrons. The average Bonchev–Trinajstić information content (AvgIpc) is 3.87. The monoisotopic (exact) mass is 750 g/mol. The summed E-state index contributed by atoms with van der Waals surface area (Å²) < 4.78 is 48.4. The number of thiophene rings is 1. The Morgan fingerprint density at radius 1 is 0.830 bits per heavy atom. The van der Waals surface area contributed by atoms with Crippen molar-refractivity contribution in [2.75, 3.05) is 86.1 Å². The van der Waals surface area contributed by atoms with Crippen LogP contribution in [0.25, 0.3) is 20.8 Å². The van der Waals surface area contributed by atoms with Crippen LogP contribution < -0.4 is 4.74 Å². The number of ether oxygens (including phenoxy) is 6. The van der Waals surface area contributed by atoms with E-state index in [2.05, 4.69) is 16.0 Å². The first-order valence-electron chi connectivity index (χ1n) is 18.1. The van der Waals surface area contributed by atoms with Gasteiger partial charge in [-0.3, -0.25) is 19.7 Å². The van der Waals surface area contributed by atoms with Crippen molar-refractivity contribution in [3.8, 4) is 22.1 Å². The summed E-state index contributed by atoms with van der Waals surface area (Å²) >= 11 is 1.49. The van der Waals surface area contributed by atoms with Gasteiger partial charge in [0.1, 0.15) is 18.1 Å². The molecule has 0 atom stereocenters. The molecule has 0 N–H and O–H groups in total. The molecule has 2 fully saturated rings. The fourth-order valence-corrected chi connectivity index (χ4v) is 6.94. The molecule has 4 aromatic rings. The summed E-state index contributed by atoms with van der Waals surface area (Å²) in [6.45, 7) is 6.83. The number of ketones is 1. The number of methoxy groups -OCH3 is 1. The maximum Gasteiger partial charge on any atom is 0.409 e. The number of Topliss-reactive ketones (excluding diaryl/α,β-unsaturated/α-hetero) is 1. The fourth-order valence-electron chi connectivity index (χ4n) is 5.89. The van der Waals surface area contributed by atoms with Crippen molar-refractivity contribution in [2.45, 2.75) is 32.2 Å². The van der Waals surface area contributed by atoms with E-state index in [-0.39, 0.29) is 30.7 Å². The Kier molecular flexibility index (Phi) is 14.5. The maximum absolute atomic E-state index is 15.0. The van der Waals surface area contributed by atoms with Gasteiger partial charge in [0.15, 0.2) is 11.6 Å². The number of hydrogen-bond donors (Lipinski definition) is 0. The highest BCUT2D eigenvalue weighted by Crippen LogP contribution is 2.39. The molecule has 14 heteroatoms. The average molecular weight is 751 g/mol. The second-order valence-electron chi connectivity index (χ2n) is 13.1. The summed E-state index contributed by atoms with van der Waals surface area (Å²) in [4.78, 5) is 38.9. The number of rotatable bonds is 21. The van der Waals surface area contributed by atoms with Crippen LogP contribution in [-0.2, 0) is 41.4 Å². The van der Waals surface area contributed by atoms with E-state index in [1.807, 2.05) is 18.3 Å². The largest absolute Gasteiger partial charge is 0.453 e. The summed E-state index contributed by atoms with van der Waals surface area (Å²) in [6, 6.07) is 12.5. The number of carbonyl (C=O) groups is 2. The van der Waals surface area contributed by atoms with Gasteiger partial charge in [-0.15, -0.1) is 11.3 Å². The van der Waals surface area contributed by atoms with Gasteiger partial charge in [-0.2, -0.15) is 0 Å². The topological polar surface area (TPSA) is 122 Å². The van der Waals surface area contributed by atoms with Gasteiger partial charge in [0, 0.05) is 71.1 Å². The van der Waals surface area contributed by atoms with Crippen molar-refractivity contribution in [3.63, 3.8) is 0 Å². The molecule has 0 bridgehead atoms. The highest BCUT2D eigenvalue weighted by atomic mass is 32.1. The van der Waals surface area contributed by atoms with Crippen molar-refractivity contribution in [3.05, 3.63) is 71.8 Å². The SMILES string of the molecule is COCCOCCOCCOCCOC(=O)N1CCN(Cc2ccc(-c3cc4nccc(Oc5ccc(CC(=O)CC6CC6)cc5F)c4s3)nc2)CC1. The third-order valence-electron chi connectivity index (χ3n) is 8.95. The van der Waals surface area contributed by atoms with Crippen LogP contribution in [0.2, 0.25) is 0 Å². The lowest BCUT2D eigenvalue weighted by atomic mass is 10.0.